The number of hydrogen-bond acceptors (Lipinski definition) is 4. The van der Waals surface area contributed by atoms with E-state index in [2.05, 4.69) is 4.90 Å². The van der Waals surface area contributed by atoms with Gasteiger partial charge in [-0.25, -0.2) is 8.42 Å². The summed E-state index contributed by atoms with van der Waals surface area (Å²) in [5.41, 5.74) is 6.33. The van der Waals surface area contributed by atoms with Gasteiger partial charge in [-0.2, -0.15) is 4.31 Å². The van der Waals surface area contributed by atoms with Crippen LogP contribution in [-0.2, 0) is 16.6 Å². The molecule has 1 atom stereocenters. The van der Waals surface area contributed by atoms with Crippen LogP contribution in [0.1, 0.15) is 12.5 Å². The molecule has 0 amide bonds. The van der Waals surface area contributed by atoms with Crippen LogP contribution >= 0.6 is 11.6 Å². The third-order valence-electron chi connectivity index (χ3n) is 3.77. The normalized spacial score (nSPS) is 22.1. The minimum atomic E-state index is -3.56. The van der Waals surface area contributed by atoms with Gasteiger partial charge in [0.15, 0.2) is 0 Å². The number of likely N-dealkylation sites (N-methyl/N-ethyl adjacent to an activating group) is 1. The number of hydrogen-bond donors (Lipinski definition) is 1. The first kappa shape index (κ1) is 15.7. The topological polar surface area (TPSA) is 66.6 Å². The molecule has 0 spiro atoms. The molecule has 1 saturated heterocycles. The standard InChI is InChI=1S/C13H20ClN3O2S/c1-10-9-17(6-5-16(10)2)20(18,19)13-7-11(8-15)3-4-12(13)14/h3-4,7,10H,5-6,8-9,15H2,1-2H3. The van der Waals surface area contributed by atoms with E-state index in [1.165, 1.54) is 4.31 Å². The molecule has 1 heterocycles. The van der Waals surface area contributed by atoms with Gasteiger partial charge in [0, 0.05) is 32.2 Å². The lowest BCUT2D eigenvalue weighted by molar-refractivity contribution is 0.159. The molecule has 0 aromatic heterocycles. The molecule has 1 aliphatic heterocycles. The molecule has 1 aliphatic rings. The quantitative estimate of drug-likeness (QED) is 0.907. The lowest BCUT2D eigenvalue weighted by Gasteiger charge is -2.36. The number of rotatable bonds is 3. The highest BCUT2D eigenvalue weighted by molar-refractivity contribution is 7.89. The summed E-state index contributed by atoms with van der Waals surface area (Å²) in [6.45, 7) is 3.97. The van der Waals surface area contributed by atoms with Gasteiger partial charge in [0.1, 0.15) is 4.90 Å². The van der Waals surface area contributed by atoms with E-state index >= 15 is 0 Å². The Morgan fingerprint density at radius 2 is 2.10 bits per heavy atom. The second kappa shape index (κ2) is 5.99. The summed E-state index contributed by atoms with van der Waals surface area (Å²) in [4.78, 5) is 2.29. The summed E-state index contributed by atoms with van der Waals surface area (Å²) in [7, 11) is -1.57. The molecule has 0 aliphatic carbocycles. The average molecular weight is 318 g/mol. The first-order chi connectivity index (χ1) is 9.36. The minimum absolute atomic E-state index is 0.152. The third-order valence-corrected chi connectivity index (χ3v) is 6.12. The fourth-order valence-electron chi connectivity index (χ4n) is 2.24. The van der Waals surface area contributed by atoms with Crippen LogP contribution in [0.25, 0.3) is 0 Å². The van der Waals surface area contributed by atoms with Crippen molar-refractivity contribution in [3.63, 3.8) is 0 Å². The minimum Gasteiger partial charge on any atom is -0.326 e. The number of nitrogens with zero attached hydrogens (tertiary/aromatic N) is 2. The summed E-state index contributed by atoms with van der Waals surface area (Å²) >= 11 is 6.06. The second-order valence-electron chi connectivity index (χ2n) is 5.16. The zero-order valence-corrected chi connectivity index (χ0v) is 13.3. The van der Waals surface area contributed by atoms with E-state index in [0.717, 1.165) is 5.56 Å². The van der Waals surface area contributed by atoms with Crippen molar-refractivity contribution in [1.82, 2.24) is 9.21 Å². The van der Waals surface area contributed by atoms with Crippen LogP contribution in [0.2, 0.25) is 5.02 Å². The molecule has 1 aromatic rings. The van der Waals surface area contributed by atoms with Crippen molar-refractivity contribution in [3.8, 4) is 0 Å². The van der Waals surface area contributed by atoms with E-state index in [0.29, 0.717) is 26.2 Å². The summed E-state index contributed by atoms with van der Waals surface area (Å²) in [5, 5.41) is 0.244. The number of piperazine rings is 1. The molecule has 0 saturated carbocycles. The van der Waals surface area contributed by atoms with Crippen molar-refractivity contribution in [2.24, 2.45) is 5.73 Å². The van der Waals surface area contributed by atoms with E-state index in [4.69, 9.17) is 17.3 Å². The van der Waals surface area contributed by atoms with Crippen LogP contribution in [0, 0.1) is 0 Å². The summed E-state index contributed by atoms with van der Waals surface area (Å²) in [5.74, 6) is 0. The van der Waals surface area contributed by atoms with Gasteiger partial charge in [0.25, 0.3) is 0 Å². The van der Waals surface area contributed by atoms with Gasteiger partial charge in [-0.1, -0.05) is 17.7 Å². The Hall–Kier alpha value is -0.660. The number of halogens is 1. The fraction of sp³-hybridized carbons (Fsp3) is 0.538. The van der Waals surface area contributed by atoms with Gasteiger partial charge in [0.05, 0.1) is 5.02 Å². The van der Waals surface area contributed by atoms with E-state index in [1.54, 1.807) is 18.2 Å². The highest BCUT2D eigenvalue weighted by atomic mass is 35.5. The SMILES string of the molecule is CC1CN(S(=O)(=O)c2cc(CN)ccc2Cl)CCN1C. The van der Waals surface area contributed by atoms with E-state index in [1.807, 2.05) is 14.0 Å². The molecular formula is C13H20ClN3O2S. The lowest BCUT2D eigenvalue weighted by Crippen LogP contribution is -2.51. The third kappa shape index (κ3) is 2.99. The molecule has 0 radical (unpaired) electrons. The van der Waals surface area contributed by atoms with Crippen molar-refractivity contribution >= 4 is 21.6 Å². The molecular weight excluding hydrogens is 298 g/mol. The lowest BCUT2D eigenvalue weighted by atomic mass is 10.2. The number of sulfonamides is 1. The Kier molecular flexibility index (Phi) is 4.71. The van der Waals surface area contributed by atoms with Crippen LogP contribution < -0.4 is 5.73 Å². The monoisotopic (exact) mass is 317 g/mol. The summed E-state index contributed by atoms with van der Waals surface area (Å²) in [6, 6.07) is 5.10. The predicted octanol–water partition coefficient (Wildman–Crippen LogP) is 1.12. The Morgan fingerprint density at radius 3 is 2.70 bits per heavy atom. The van der Waals surface area contributed by atoms with Gasteiger partial charge in [-0.15, -0.1) is 0 Å². The predicted molar refractivity (Wildman–Crippen MR) is 80.2 cm³/mol. The number of nitrogens with two attached hydrogens (primary N) is 1. The first-order valence-corrected chi connectivity index (χ1v) is 8.37. The van der Waals surface area contributed by atoms with Gasteiger partial charge in [-0.05, 0) is 31.7 Å². The number of benzene rings is 1. The van der Waals surface area contributed by atoms with E-state index in [-0.39, 0.29) is 16.0 Å². The van der Waals surface area contributed by atoms with Gasteiger partial charge < -0.3 is 10.6 Å². The molecule has 0 bridgehead atoms. The second-order valence-corrected chi connectivity index (χ2v) is 7.48. The maximum Gasteiger partial charge on any atom is 0.244 e. The molecule has 1 unspecified atom stereocenters. The van der Waals surface area contributed by atoms with E-state index < -0.39 is 10.0 Å². The molecule has 5 nitrogen and oxygen atoms in total. The van der Waals surface area contributed by atoms with Crippen LogP contribution in [0.5, 0.6) is 0 Å². The zero-order chi connectivity index (χ0) is 14.9. The highest BCUT2D eigenvalue weighted by Gasteiger charge is 2.32. The molecule has 2 rings (SSSR count). The molecule has 112 valence electrons. The van der Waals surface area contributed by atoms with E-state index in [9.17, 15) is 8.42 Å². The zero-order valence-electron chi connectivity index (χ0n) is 11.7. The molecule has 20 heavy (non-hydrogen) atoms. The van der Waals surface area contributed by atoms with Gasteiger partial charge in [0.2, 0.25) is 10.0 Å². The average Bonchev–Trinajstić information content (AvgIpc) is 2.42. The molecule has 2 N–H and O–H groups in total. The summed E-state index contributed by atoms with van der Waals surface area (Å²) < 4.78 is 26.9. The van der Waals surface area contributed by atoms with Crippen LogP contribution in [-0.4, -0.2) is 50.3 Å². The molecule has 1 aromatic carbocycles. The van der Waals surface area contributed by atoms with Crippen molar-refractivity contribution in [2.45, 2.75) is 24.4 Å². The Bertz CT molecular complexity index is 591. The smallest absolute Gasteiger partial charge is 0.244 e. The largest absolute Gasteiger partial charge is 0.326 e. The van der Waals surface area contributed by atoms with Crippen LogP contribution in [0.3, 0.4) is 0 Å². The summed E-state index contributed by atoms with van der Waals surface area (Å²) in [6.07, 6.45) is 0. The van der Waals surface area contributed by atoms with Crippen LogP contribution in [0.4, 0.5) is 0 Å². The van der Waals surface area contributed by atoms with Gasteiger partial charge >= 0.3 is 0 Å². The van der Waals surface area contributed by atoms with Crippen molar-refractivity contribution in [2.75, 3.05) is 26.7 Å². The van der Waals surface area contributed by atoms with Crippen molar-refractivity contribution in [3.05, 3.63) is 28.8 Å². The first-order valence-electron chi connectivity index (χ1n) is 6.55. The fourth-order valence-corrected chi connectivity index (χ4v) is 4.28. The maximum absolute atomic E-state index is 12.7. The Morgan fingerprint density at radius 1 is 1.40 bits per heavy atom. The van der Waals surface area contributed by atoms with Crippen LogP contribution in [0.15, 0.2) is 23.1 Å². The maximum atomic E-state index is 12.7. The Labute approximate surface area is 125 Å². The molecule has 1 fully saturated rings. The highest BCUT2D eigenvalue weighted by Crippen LogP contribution is 2.27. The van der Waals surface area contributed by atoms with Crippen molar-refractivity contribution in [1.29, 1.82) is 0 Å². The Balaban J connectivity index is 2.35. The van der Waals surface area contributed by atoms with Gasteiger partial charge in [-0.3, -0.25) is 0 Å². The van der Waals surface area contributed by atoms with Crippen molar-refractivity contribution < 1.29 is 8.42 Å². The molecule has 7 heteroatoms.